The number of hydrogen-bond acceptors (Lipinski definition) is 6. The SMILES string of the molecule is COc1ccc(NS(=O)(=O)NCCCl)cc1OC.O=S(=O)(Cl)NCCCl. The first-order valence-corrected chi connectivity index (χ1v) is 11.7. The molecule has 1 aromatic carbocycles. The van der Waals surface area contributed by atoms with Gasteiger partial charge >= 0.3 is 0 Å². The summed E-state index contributed by atoms with van der Waals surface area (Å²) >= 11 is 10.5. The van der Waals surface area contributed by atoms with Crippen LogP contribution in [-0.2, 0) is 19.4 Å². The molecule has 0 aliphatic heterocycles. The third-order valence-electron chi connectivity index (χ3n) is 2.39. The van der Waals surface area contributed by atoms with Crippen molar-refractivity contribution in [2.45, 2.75) is 0 Å². The topological polar surface area (TPSA) is 123 Å². The minimum atomic E-state index is -3.62. The predicted octanol–water partition coefficient (Wildman–Crippen LogP) is 1.49. The molecule has 152 valence electrons. The van der Waals surface area contributed by atoms with E-state index in [2.05, 4.69) is 9.44 Å². The summed E-state index contributed by atoms with van der Waals surface area (Å²) in [6, 6.07) is 4.71. The van der Waals surface area contributed by atoms with E-state index in [4.69, 9.17) is 43.4 Å². The van der Waals surface area contributed by atoms with Crippen LogP contribution in [-0.4, -0.2) is 55.9 Å². The van der Waals surface area contributed by atoms with Crippen molar-refractivity contribution in [3.63, 3.8) is 0 Å². The van der Waals surface area contributed by atoms with Crippen LogP contribution >= 0.6 is 33.9 Å². The van der Waals surface area contributed by atoms with Crippen LogP contribution in [0.2, 0.25) is 0 Å². The molecule has 0 aliphatic carbocycles. The van der Waals surface area contributed by atoms with Gasteiger partial charge in [-0.15, -0.1) is 23.2 Å². The van der Waals surface area contributed by atoms with E-state index in [1.807, 2.05) is 4.72 Å². The molecule has 9 nitrogen and oxygen atoms in total. The summed E-state index contributed by atoms with van der Waals surface area (Å²) in [5.41, 5.74) is 0.370. The highest BCUT2D eigenvalue weighted by Crippen LogP contribution is 2.29. The molecule has 26 heavy (non-hydrogen) atoms. The minimum absolute atomic E-state index is 0.157. The highest BCUT2D eigenvalue weighted by molar-refractivity contribution is 8.12. The van der Waals surface area contributed by atoms with Gasteiger partial charge in [-0.1, -0.05) is 0 Å². The van der Waals surface area contributed by atoms with Gasteiger partial charge in [0, 0.05) is 41.6 Å². The fourth-order valence-electron chi connectivity index (χ4n) is 1.42. The molecule has 1 rings (SSSR count). The number of rotatable bonds is 10. The maximum absolute atomic E-state index is 11.6. The molecular weight excluding hydrogens is 453 g/mol. The fourth-order valence-corrected chi connectivity index (χ4v) is 3.30. The summed E-state index contributed by atoms with van der Waals surface area (Å²) in [6.45, 7) is 0.331. The fraction of sp³-hybridized carbons (Fsp3) is 0.500. The van der Waals surface area contributed by atoms with Gasteiger partial charge < -0.3 is 9.47 Å². The van der Waals surface area contributed by atoms with Crippen molar-refractivity contribution in [3.8, 4) is 11.5 Å². The summed E-state index contributed by atoms with van der Waals surface area (Å²) in [5.74, 6) is 1.39. The average Bonchev–Trinajstić information content (AvgIpc) is 2.57. The van der Waals surface area contributed by atoms with Crippen LogP contribution < -0.4 is 23.6 Å². The lowest BCUT2D eigenvalue weighted by molar-refractivity contribution is 0.355. The van der Waals surface area contributed by atoms with E-state index >= 15 is 0 Å². The van der Waals surface area contributed by atoms with Crippen molar-refractivity contribution in [2.24, 2.45) is 0 Å². The van der Waals surface area contributed by atoms with Crippen LogP contribution in [0.15, 0.2) is 18.2 Å². The van der Waals surface area contributed by atoms with E-state index in [1.165, 1.54) is 20.3 Å². The number of anilines is 1. The van der Waals surface area contributed by atoms with Crippen LogP contribution in [0.1, 0.15) is 0 Å². The molecular formula is C12H20Cl3N3O6S2. The quantitative estimate of drug-likeness (QED) is 0.350. The minimum Gasteiger partial charge on any atom is -0.493 e. The number of benzene rings is 1. The maximum Gasteiger partial charge on any atom is 0.299 e. The highest BCUT2D eigenvalue weighted by Gasteiger charge is 2.11. The Morgan fingerprint density at radius 2 is 1.46 bits per heavy atom. The Morgan fingerprint density at radius 1 is 0.923 bits per heavy atom. The number of nitrogens with one attached hydrogen (secondary N) is 3. The molecule has 3 N–H and O–H groups in total. The second-order valence-corrected chi connectivity index (χ2v) is 8.92. The summed E-state index contributed by atoms with van der Waals surface area (Å²) in [7, 11) is 0.522. The Balaban J connectivity index is 0.000000660. The molecule has 0 bridgehead atoms. The molecule has 0 saturated heterocycles. The van der Waals surface area contributed by atoms with Gasteiger partial charge in [-0.05, 0) is 12.1 Å². The number of hydrogen-bond donors (Lipinski definition) is 3. The predicted molar refractivity (Wildman–Crippen MR) is 104 cm³/mol. The Labute approximate surface area is 168 Å². The Hall–Kier alpha value is -0.690. The average molecular weight is 473 g/mol. The van der Waals surface area contributed by atoms with Crippen LogP contribution in [0.3, 0.4) is 0 Å². The van der Waals surface area contributed by atoms with Gasteiger partial charge in [0.1, 0.15) is 0 Å². The van der Waals surface area contributed by atoms with Crippen molar-refractivity contribution in [1.82, 2.24) is 9.44 Å². The van der Waals surface area contributed by atoms with Gasteiger partial charge in [0.15, 0.2) is 11.5 Å². The number of alkyl halides is 2. The van der Waals surface area contributed by atoms with E-state index < -0.39 is 19.4 Å². The zero-order valence-corrected chi connectivity index (χ0v) is 17.9. The monoisotopic (exact) mass is 471 g/mol. The first-order chi connectivity index (χ1) is 12.1. The standard InChI is InChI=1S/C10H15ClN2O4S.C2H5Cl2NO2S/c1-16-9-4-3-8(7-10(9)17-2)13-18(14,15)12-6-5-11;3-1-2-5-8(4,6)7/h3-4,7,12-13H,5-6H2,1-2H3;5H,1-2H2. The van der Waals surface area contributed by atoms with Gasteiger partial charge in [-0.25, -0.2) is 4.72 Å². The lowest BCUT2D eigenvalue weighted by Crippen LogP contribution is -2.31. The van der Waals surface area contributed by atoms with Gasteiger partial charge in [0.2, 0.25) is 0 Å². The molecule has 0 atom stereocenters. The normalized spacial score (nSPS) is 11.3. The molecule has 0 spiro atoms. The van der Waals surface area contributed by atoms with E-state index in [0.29, 0.717) is 17.2 Å². The molecule has 0 fully saturated rings. The summed E-state index contributed by atoms with van der Waals surface area (Å²) < 4.78 is 59.8. The van der Waals surface area contributed by atoms with Crippen LogP contribution in [0.5, 0.6) is 11.5 Å². The molecule has 14 heteroatoms. The Morgan fingerprint density at radius 3 is 1.88 bits per heavy atom. The third kappa shape index (κ3) is 11.8. The van der Waals surface area contributed by atoms with E-state index in [0.717, 1.165) is 0 Å². The second-order valence-electron chi connectivity index (χ2n) is 4.28. The Kier molecular flexibility index (Phi) is 12.3. The van der Waals surface area contributed by atoms with Gasteiger partial charge in [-0.3, -0.25) is 4.72 Å². The van der Waals surface area contributed by atoms with Gasteiger partial charge in [0.25, 0.3) is 19.4 Å². The van der Waals surface area contributed by atoms with Gasteiger partial charge in [0.05, 0.1) is 19.9 Å². The highest BCUT2D eigenvalue weighted by atomic mass is 35.7. The summed E-state index contributed by atoms with van der Waals surface area (Å²) in [6.07, 6.45) is 0. The first-order valence-electron chi connectivity index (χ1n) is 6.89. The van der Waals surface area contributed by atoms with Crippen LogP contribution in [0, 0.1) is 0 Å². The lowest BCUT2D eigenvalue weighted by Gasteiger charge is -2.11. The van der Waals surface area contributed by atoms with E-state index in [1.54, 1.807) is 12.1 Å². The maximum atomic E-state index is 11.6. The molecule has 0 aromatic heterocycles. The van der Waals surface area contributed by atoms with E-state index in [-0.39, 0.29) is 24.8 Å². The molecule has 0 radical (unpaired) electrons. The second kappa shape index (κ2) is 12.7. The van der Waals surface area contributed by atoms with Crippen LogP contribution in [0.25, 0.3) is 0 Å². The van der Waals surface area contributed by atoms with Crippen molar-refractivity contribution >= 4 is 59.0 Å². The first kappa shape index (κ1) is 25.3. The molecule has 0 aliphatic rings. The van der Waals surface area contributed by atoms with Crippen molar-refractivity contribution < 1.29 is 26.3 Å². The van der Waals surface area contributed by atoms with Crippen molar-refractivity contribution in [1.29, 1.82) is 0 Å². The molecule has 0 unspecified atom stereocenters. The molecule has 0 amide bonds. The summed E-state index contributed by atoms with van der Waals surface area (Å²) in [5, 5.41) is 0. The van der Waals surface area contributed by atoms with Crippen molar-refractivity contribution in [2.75, 3.05) is 43.8 Å². The number of methoxy groups -OCH3 is 2. The molecule has 1 aromatic rings. The summed E-state index contributed by atoms with van der Waals surface area (Å²) in [4.78, 5) is 0. The lowest BCUT2D eigenvalue weighted by atomic mass is 10.3. The van der Waals surface area contributed by atoms with Crippen LogP contribution in [0.4, 0.5) is 5.69 Å². The number of ether oxygens (including phenoxy) is 2. The smallest absolute Gasteiger partial charge is 0.299 e. The molecule has 0 heterocycles. The van der Waals surface area contributed by atoms with E-state index in [9.17, 15) is 16.8 Å². The van der Waals surface area contributed by atoms with Gasteiger partial charge in [-0.2, -0.15) is 21.6 Å². The molecule has 0 saturated carbocycles. The zero-order valence-electron chi connectivity index (χ0n) is 14.0. The van der Waals surface area contributed by atoms with Crippen molar-refractivity contribution in [3.05, 3.63) is 18.2 Å². The Bertz CT molecular complexity index is 747. The number of halogens is 3. The largest absolute Gasteiger partial charge is 0.493 e. The zero-order chi connectivity index (χ0) is 20.2. The third-order valence-corrected chi connectivity index (χ3v) is 4.73.